The van der Waals surface area contributed by atoms with E-state index in [1.54, 1.807) is 55.5 Å². The van der Waals surface area contributed by atoms with E-state index in [1.165, 1.54) is 14.0 Å². The van der Waals surface area contributed by atoms with E-state index in [0.29, 0.717) is 29.7 Å². The third-order valence-corrected chi connectivity index (χ3v) is 15.4. The van der Waals surface area contributed by atoms with Gasteiger partial charge in [0.05, 0.1) is 12.1 Å². The van der Waals surface area contributed by atoms with E-state index < -0.39 is 113 Å². The van der Waals surface area contributed by atoms with Gasteiger partial charge < -0.3 is 50.9 Å². The molecule has 4 unspecified atom stereocenters. The maximum absolute atomic E-state index is 14.4. The van der Waals surface area contributed by atoms with Crippen LogP contribution in [0.2, 0.25) is 0 Å². The lowest BCUT2D eigenvalue weighted by Crippen LogP contribution is -2.57. The van der Waals surface area contributed by atoms with Crippen molar-refractivity contribution in [2.45, 2.75) is 114 Å². The quantitative estimate of drug-likeness (QED) is 0.0218. The number of rotatable bonds is 17. The first kappa shape index (κ1) is 53.3. The molecule has 2 amide bonds. The molecular weight excluding hydrogens is 947 g/mol. The molecule has 2 aliphatic heterocycles. The number of esters is 3. The number of aliphatic hydroxyl groups is 1. The number of cyclic esters (lactones) is 1. The fourth-order valence-electron chi connectivity index (χ4n) is 11.7. The molecule has 3 aromatic rings. The van der Waals surface area contributed by atoms with Gasteiger partial charge in [-0.05, 0) is 80.0 Å². The Hall–Kier alpha value is -6.95. The summed E-state index contributed by atoms with van der Waals surface area (Å²) in [6, 6.07) is 20.9. The SMILES string of the molecule is CO[C@H]1C[C@H]2C=CC3C4C(O)[C@@H](C)[C@@H](OC(=O)C5=CC=CC5)[C@@H]3O[C@]42/C(C)=C/[C@@H](C)[C@@H]([C@@H](C)OC(=O)C(=O)NC(Cc2ccccc2)C(=O)C[C@@H](CCCN=C(N)N)C(=O)Nc2ccc3ccccc3c2)OC1=O. The smallest absolute Gasteiger partial charge is 0.397 e. The van der Waals surface area contributed by atoms with Crippen molar-refractivity contribution < 1.29 is 57.6 Å². The molecule has 8 rings (SSSR count). The fourth-order valence-corrected chi connectivity index (χ4v) is 11.7. The van der Waals surface area contributed by atoms with Gasteiger partial charge in [-0.2, -0.15) is 0 Å². The van der Waals surface area contributed by atoms with E-state index in [2.05, 4.69) is 15.6 Å². The zero-order valence-corrected chi connectivity index (χ0v) is 42.4. The molecule has 74 heavy (non-hydrogen) atoms. The summed E-state index contributed by atoms with van der Waals surface area (Å²) in [4.78, 5) is 87.6. The summed E-state index contributed by atoms with van der Waals surface area (Å²) >= 11 is 0. The molecule has 392 valence electrons. The highest BCUT2D eigenvalue weighted by Crippen LogP contribution is 2.61. The Morgan fingerprint density at radius 2 is 1.73 bits per heavy atom. The number of anilines is 1. The van der Waals surface area contributed by atoms with Gasteiger partial charge in [0, 0.05) is 66.8 Å². The number of nitrogens with zero attached hydrogens (tertiary/aromatic N) is 1. The largest absolute Gasteiger partial charge is 0.456 e. The first-order valence-corrected chi connectivity index (χ1v) is 25.4. The number of fused-ring (bicyclic) bond motifs is 1. The number of aliphatic imine (C=N–C) groups is 1. The van der Waals surface area contributed by atoms with Crippen molar-refractivity contribution in [2.75, 3.05) is 19.0 Å². The molecule has 14 atom stereocenters. The number of ether oxygens (including phenoxy) is 5. The van der Waals surface area contributed by atoms with Gasteiger partial charge in [-0.25, -0.2) is 14.4 Å². The standard InChI is InChI=1S/C57H67N5O12/c1-31-26-32(2)57-40(22-24-42-46(57)47(64)33(3)49(50(42)74-57)73-53(67)37-17-10-11-18-37)30-45(70-5)54(68)72-48(31)34(4)71-55(69)52(66)62-43(27-35-14-7-6-8-15-35)44(63)29-39(20-13-25-60-56(58)59)51(65)61-41-23-21-36-16-9-12-19-38(36)28-41/h6-12,14-17,19,21-24,26,28,31,33-34,39-40,42-43,45-50,64H,13,18,20,25,27,29-30H2,1-5H3,(H,61,65)(H,62,66)(H4,58,59,60)/b32-26+/t31-,33-,34-,39-,40-,42?,43?,45+,46?,47?,48+,49-,50-,57+/m1/s1. The van der Waals surface area contributed by atoms with Gasteiger partial charge >= 0.3 is 23.8 Å². The van der Waals surface area contributed by atoms with E-state index in [0.717, 1.165) is 16.3 Å². The van der Waals surface area contributed by atoms with Crippen molar-refractivity contribution in [1.82, 2.24) is 5.32 Å². The summed E-state index contributed by atoms with van der Waals surface area (Å²) in [6.07, 6.45) is 6.29. The summed E-state index contributed by atoms with van der Waals surface area (Å²) in [7, 11) is 1.39. The van der Waals surface area contributed by atoms with Gasteiger partial charge in [-0.3, -0.25) is 19.4 Å². The minimum Gasteiger partial charge on any atom is -0.456 e. The van der Waals surface area contributed by atoms with Crippen LogP contribution in [0.15, 0.2) is 125 Å². The number of methoxy groups -OCH3 is 1. The van der Waals surface area contributed by atoms with Crippen LogP contribution in [0, 0.1) is 35.5 Å². The summed E-state index contributed by atoms with van der Waals surface area (Å²) in [5, 5.41) is 19.6. The Bertz CT molecular complexity index is 2770. The number of carbonyl (C=O) groups excluding carboxylic acids is 6. The maximum atomic E-state index is 14.4. The molecule has 17 heteroatoms. The highest BCUT2D eigenvalue weighted by Gasteiger charge is 2.69. The highest BCUT2D eigenvalue weighted by molar-refractivity contribution is 6.33. The van der Waals surface area contributed by atoms with E-state index in [-0.39, 0.29) is 44.1 Å². The van der Waals surface area contributed by atoms with Crippen molar-refractivity contribution in [1.29, 1.82) is 0 Å². The van der Waals surface area contributed by atoms with Gasteiger partial charge in [-0.15, -0.1) is 0 Å². The van der Waals surface area contributed by atoms with Crippen molar-refractivity contribution in [3.05, 3.63) is 126 Å². The number of guanidine groups is 1. The molecule has 1 spiro atoms. The number of Topliss-reactive ketones (excluding diaryl/α,β-unsaturated/α-hetero) is 1. The molecule has 17 nitrogen and oxygen atoms in total. The number of hydrogen-bond donors (Lipinski definition) is 5. The molecule has 7 N–H and O–H groups in total. The van der Waals surface area contributed by atoms with Crippen LogP contribution in [-0.4, -0.2) is 108 Å². The van der Waals surface area contributed by atoms with Crippen molar-refractivity contribution in [3.63, 3.8) is 0 Å². The first-order chi connectivity index (χ1) is 35.5. The molecule has 3 aliphatic carbocycles. The molecule has 2 heterocycles. The van der Waals surface area contributed by atoms with Gasteiger partial charge in [-0.1, -0.05) is 111 Å². The predicted molar refractivity (Wildman–Crippen MR) is 276 cm³/mol. The lowest BCUT2D eigenvalue weighted by atomic mass is 9.57. The second kappa shape index (κ2) is 23.1. The Kier molecular flexibility index (Phi) is 16.6. The molecule has 2 fully saturated rings. The third-order valence-electron chi connectivity index (χ3n) is 15.4. The average molecular weight is 1010 g/mol. The number of benzene rings is 3. The summed E-state index contributed by atoms with van der Waals surface area (Å²) in [5.41, 5.74) is 12.4. The number of amides is 2. The Morgan fingerprint density at radius 3 is 2.45 bits per heavy atom. The zero-order valence-electron chi connectivity index (χ0n) is 42.4. The van der Waals surface area contributed by atoms with Crippen LogP contribution in [0.1, 0.15) is 65.4 Å². The summed E-state index contributed by atoms with van der Waals surface area (Å²) < 4.78 is 30.9. The highest BCUT2D eigenvalue weighted by atomic mass is 16.6. The normalized spacial score (nSPS) is 29.7. The maximum Gasteiger partial charge on any atom is 0.397 e. The van der Waals surface area contributed by atoms with Gasteiger partial charge in [0.15, 0.2) is 17.8 Å². The Morgan fingerprint density at radius 1 is 0.986 bits per heavy atom. The molecule has 1 saturated carbocycles. The van der Waals surface area contributed by atoms with Crippen LogP contribution in [0.3, 0.4) is 0 Å². The lowest BCUT2D eigenvalue weighted by Gasteiger charge is -2.49. The summed E-state index contributed by atoms with van der Waals surface area (Å²) in [5.74, 6) is -8.06. The molecule has 5 aliphatic rings. The van der Waals surface area contributed by atoms with E-state index in [1.807, 2.05) is 74.5 Å². The first-order valence-electron chi connectivity index (χ1n) is 25.4. The number of nitrogens with two attached hydrogens (primary N) is 2. The number of carbonyl (C=O) groups is 6. The molecule has 0 radical (unpaired) electrons. The van der Waals surface area contributed by atoms with Gasteiger partial charge in [0.25, 0.3) is 0 Å². The number of allylic oxidation sites excluding steroid dienone is 3. The van der Waals surface area contributed by atoms with Crippen LogP contribution in [-0.2, 0) is 58.9 Å². The summed E-state index contributed by atoms with van der Waals surface area (Å²) in [6.45, 7) is 7.25. The Labute approximate surface area is 430 Å². The van der Waals surface area contributed by atoms with Crippen LogP contribution in [0.25, 0.3) is 10.8 Å². The van der Waals surface area contributed by atoms with E-state index in [4.69, 9.17) is 35.2 Å². The van der Waals surface area contributed by atoms with Crippen molar-refractivity contribution >= 4 is 57.9 Å². The zero-order chi connectivity index (χ0) is 52.8. The Balaban J connectivity index is 0.998. The monoisotopic (exact) mass is 1010 g/mol. The number of ketones is 1. The van der Waals surface area contributed by atoms with E-state index in [9.17, 15) is 33.9 Å². The minimum atomic E-state index is -1.33. The second-order valence-electron chi connectivity index (χ2n) is 20.3. The van der Waals surface area contributed by atoms with Crippen molar-refractivity contribution in [2.24, 2.45) is 52.0 Å². The van der Waals surface area contributed by atoms with Gasteiger partial charge in [0.2, 0.25) is 5.91 Å². The van der Waals surface area contributed by atoms with E-state index >= 15 is 0 Å². The molecule has 3 aromatic carbocycles. The molecular formula is C57H67N5O12. The van der Waals surface area contributed by atoms with Crippen LogP contribution in [0.5, 0.6) is 0 Å². The van der Waals surface area contributed by atoms with Crippen molar-refractivity contribution in [3.8, 4) is 0 Å². The lowest BCUT2D eigenvalue weighted by molar-refractivity contribution is -0.180. The van der Waals surface area contributed by atoms with Crippen LogP contribution in [0.4, 0.5) is 5.69 Å². The number of hydrogen-bond acceptors (Lipinski definition) is 13. The molecule has 4 bridgehead atoms. The third kappa shape index (κ3) is 11.4. The average Bonchev–Trinajstić information content (AvgIpc) is 4.04. The van der Waals surface area contributed by atoms with Crippen LogP contribution >= 0.6 is 0 Å². The van der Waals surface area contributed by atoms with Gasteiger partial charge in [0.1, 0.15) is 30.0 Å². The van der Waals surface area contributed by atoms with Crippen LogP contribution < -0.4 is 22.1 Å². The number of aliphatic hydroxyl groups excluding tert-OH is 1. The second-order valence-corrected chi connectivity index (χ2v) is 20.3. The molecule has 1 saturated heterocycles. The minimum absolute atomic E-state index is 0.00403. The fraction of sp³-hybridized carbons (Fsp3) is 0.456. The predicted octanol–water partition coefficient (Wildman–Crippen LogP) is 5.34. The topological polar surface area (TPSA) is 257 Å². The molecule has 0 aromatic heterocycles. The number of nitrogens with one attached hydrogen (secondary N) is 2.